The van der Waals surface area contributed by atoms with Gasteiger partial charge in [-0.05, 0) is 17.2 Å². The first kappa shape index (κ1) is 18.1. The van der Waals surface area contributed by atoms with Crippen molar-refractivity contribution in [1.29, 1.82) is 0 Å². The van der Waals surface area contributed by atoms with Gasteiger partial charge in [-0.3, -0.25) is 9.59 Å². The zero-order valence-corrected chi connectivity index (χ0v) is 14.2. The highest BCUT2D eigenvalue weighted by molar-refractivity contribution is 6.14. The van der Waals surface area contributed by atoms with Gasteiger partial charge in [-0.1, -0.05) is 66.7 Å². The summed E-state index contributed by atoms with van der Waals surface area (Å²) in [6, 6.07) is 16.6. The molecule has 1 amide bonds. The number of aliphatic carboxylic acids is 1. The SMILES string of the molecule is O=C([O-])CN1C(=O)C(O)=C(C(=O)/C=C/c2ccccc2)[C@@H]1c1ccccc1. The van der Waals surface area contributed by atoms with Crippen LogP contribution in [0.1, 0.15) is 17.2 Å². The molecular formula is C21H16NO5-. The Labute approximate surface area is 155 Å². The molecule has 0 saturated carbocycles. The van der Waals surface area contributed by atoms with Crippen LogP contribution < -0.4 is 5.11 Å². The maximum Gasteiger partial charge on any atom is 0.290 e. The van der Waals surface area contributed by atoms with Crippen LogP contribution >= 0.6 is 0 Å². The molecule has 0 fully saturated rings. The summed E-state index contributed by atoms with van der Waals surface area (Å²) >= 11 is 0. The fourth-order valence-electron chi connectivity index (χ4n) is 3.02. The number of amides is 1. The minimum absolute atomic E-state index is 0.153. The summed E-state index contributed by atoms with van der Waals surface area (Å²) in [4.78, 5) is 37.1. The predicted octanol–water partition coefficient (Wildman–Crippen LogP) is 1.41. The topological polar surface area (TPSA) is 97.7 Å². The third-order valence-corrected chi connectivity index (χ3v) is 4.21. The van der Waals surface area contributed by atoms with Crippen LogP contribution in [0.25, 0.3) is 6.08 Å². The zero-order chi connectivity index (χ0) is 19.4. The van der Waals surface area contributed by atoms with Crippen molar-refractivity contribution in [2.75, 3.05) is 6.54 Å². The molecule has 1 heterocycles. The molecule has 0 aromatic heterocycles. The van der Waals surface area contributed by atoms with Gasteiger partial charge in [0.25, 0.3) is 5.91 Å². The third kappa shape index (κ3) is 3.79. The van der Waals surface area contributed by atoms with Crippen molar-refractivity contribution in [1.82, 2.24) is 4.90 Å². The fourth-order valence-corrected chi connectivity index (χ4v) is 3.02. The molecule has 136 valence electrons. The highest BCUT2D eigenvalue weighted by Crippen LogP contribution is 2.37. The highest BCUT2D eigenvalue weighted by atomic mass is 16.4. The van der Waals surface area contributed by atoms with Crippen molar-refractivity contribution >= 4 is 23.7 Å². The number of ketones is 1. The van der Waals surface area contributed by atoms with Crippen LogP contribution in [-0.2, 0) is 14.4 Å². The quantitative estimate of drug-likeness (QED) is 0.784. The fraction of sp³-hybridized carbons (Fsp3) is 0.0952. The van der Waals surface area contributed by atoms with Crippen LogP contribution in [0.5, 0.6) is 0 Å². The van der Waals surface area contributed by atoms with Gasteiger partial charge in [0.15, 0.2) is 11.5 Å². The number of rotatable bonds is 6. The van der Waals surface area contributed by atoms with E-state index in [-0.39, 0.29) is 5.57 Å². The highest BCUT2D eigenvalue weighted by Gasteiger charge is 2.42. The van der Waals surface area contributed by atoms with Crippen LogP contribution in [0, 0.1) is 0 Å². The molecule has 0 bridgehead atoms. The van der Waals surface area contributed by atoms with E-state index in [1.54, 1.807) is 48.5 Å². The summed E-state index contributed by atoms with van der Waals surface area (Å²) < 4.78 is 0. The zero-order valence-electron chi connectivity index (χ0n) is 14.2. The molecule has 1 aliphatic heterocycles. The lowest BCUT2D eigenvalue weighted by Crippen LogP contribution is -2.41. The van der Waals surface area contributed by atoms with Crippen molar-refractivity contribution in [2.45, 2.75) is 6.04 Å². The second-order valence-electron chi connectivity index (χ2n) is 5.99. The molecule has 1 atom stereocenters. The van der Waals surface area contributed by atoms with Crippen molar-refractivity contribution in [3.8, 4) is 0 Å². The molecule has 0 spiro atoms. The minimum atomic E-state index is -1.48. The van der Waals surface area contributed by atoms with Crippen molar-refractivity contribution in [3.63, 3.8) is 0 Å². The average molecular weight is 362 g/mol. The van der Waals surface area contributed by atoms with Gasteiger partial charge in [0.2, 0.25) is 0 Å². The lowest BCUT2D eigenvalue weighted by atomic mass is 9.95. The first-order valence-electron chi connectivity index (χ1n) is 8.25. The van der Waals surface area contributed by atoms with E-state index in [0.717, 1.165) is 10.5 Å². The summed E-state index contributed by atoms with van der Waals surface area (Å²) in [5.41, 5.74) is 1.14. The van der Waals surface area contributed by atoms with Crippen LogP contribution in [-0.4, -0.2) is 34.2 Å². The minimum Gasteiger partial charge on any atom is -0.548 e. The van der Waals surface area contributed by atoms with Crippen molar-refractivity contribution < 1.29 is 24.6 Å². The normalized spacial score (nSPS) is 17.0. The number of carboxylic acid groups (broad SMARTS) is 1. The number of hydrogen-bond acceptors (Lipinski definition) is 5. The van der Waals surface area contributed by atoms with E-state index in [4.69, 9.17) is 0 Å². The number of aliphatic hydroxyl groups excluding tert-OH is 1. The number of benzene rings is 2. The Morgan fingerprint density at radius 3 is 2.22 bits per heavy atom. The average Bonchev–Trinajstić information content (AvgIpc) is 2.92. The second kappa shape index (κ2) is 7.70. The molecular weight excluding hydrogens is 346 g/mol. The Morgan fingerprint density at radius 1 is 1.04 bits per heavy atom. The van der Waals surface area contributed by atoms with Gasteiger partial charge in [-0.2, -0.15) is 0 Å². The van der Waals surface area contributed by atoms with Crippen LogP contribution in [0.4, 0.5) is 0 Å². The van der Waals surface area contributed by atoms with Crippen LogP contribution in [0.3, 0.4) is 0 Å². The van der Waals surface area contributed by atoms with E-state index in [9.17, 15) is 24.6 Å². The smallest absolute Gasteiger partial charge is 0.290 e. The molecule has 2 aromatic carbocycles. The number of allylic oxidation sites excluding steroid dienone is 1. The number of aliphatic hydroxyl groups is 1. The molecule has 6 heteroatoms. The Balaban J connectivity index is 1.99. The van der Waals surface area contributed by atoms with Gasteiger partial charge >= 0.3 is 0 Å². The first-order valence-corrected chi connectivity index (χ1v) is 8.25. The lowest BCUT2D eigenvalue weighted by molar-refractivity contribution is -0.306. The molecule has 3 rings (SSSR count). The maximum absolute atomic E-state index is 12.7. The summed E-state index contributed by atoms with van der Waals surface area (Å²) in [5.74, 6) is -3.71. The number of carbonyl (C=O) groups is 3. The third-order valence-electron chi connectivity index (χ3n) is 4.21. The van der Waals surface area contributed by atoms with Gasteiger partial charge < -0.3 is 19.9 Å². The molecule has 2 aromatic rings. The molecule has 1 N–H and O–H groups in total. The van der Waals surface area contributed by atoms with Crippen molar-refractivity contribution in [2.24, 2.45) is 0 Å². The van der Waals surface area contributed by atoms with Gasteiger partial charge in [-0.15, -0.1) is 0 Å². The maximum atomic E-state index is 12.7. The van der Waals surface area contributed by atoms with Gasteiger partial charge in [0.1, 0.15) is 0 Å². The monoisotopic (exact) mass is 362 g/mol. The van der Waals surface area contributed by atoms with Gasteiger partial charge in [0, 0.05) is 0 Å². The molecule has 27 heavy (non-hydrogen) atoms. The molecule has 0 saturated heterocycles. The Hall–Kier alpha value is -3.67. The molecule has 1 aliphatic rings. The molecule has 0 radical (unpaired) electrons. The standard InChI is InChI=1S/C21H17NO5/c23-16(12-11-14-7-3-1-4-8-14)18-19(15-9-5-2-6-10-15)22(13-17(24)25)21(27)20(18)26/h1-12,19,26H,13H2,(H,24,25)/p-1/b12-11+/t19-/m0/s1. The predicted molar refractivity (Wildman–Crippen MR) is 96.0 cm³/mol. The van der Waals surface area contributed by atoms with E-state index >= 15 is 0 Å². The van der Waals surface area contributed by atoms with Crippen LogP contribution in [0.15, 0.2) is 78.1 Å². The van der Waals surface area contributed by atoms with E-state index in [1.165, 1.54) is 6.08 Å². The number of nitrogens with zero attached hydrogens (tertiary/aromatic N) is 1. The van der Waals surface area contributed by atoms with E-state index in [2.05, 4.69) is 0 Å². The number of carbonyl (C=O) groups excluding carboxylic acids is 3. The van der Waals surface area contributed by atoms with Gasteiger partial charge in [0.05, 0.1) is 24.1 Å². The largest absolute Gasteiger partial charge is 0.548 e. The number of hydrogen-bond donors (Lipinski definition) is 1. The summed E-state index contributed by atoms with van der Waals surface area (Å²) in [6.07, 6.45) is 2.82. The van der Waals surface area contributed by atoms with Gasteiger partial charge in [-0.25, -0.2) is 0 Å². The summed E-state index contributed by atoms with van der Waals surface area (Å²) in [6.45, 7) is -0.734. The van der Waals surface area contributed by atoms with E-state index < -0.39 is 36.0 Å². The summed E-state index contributed by atoms with van der Waals surface area (Å²) in [7, 11) is 0. The summed E-state index contributed by atoms with van der Waals surface area (Å²) in [5, 5.41) is 21.3. The Morgan fingerprint density at radius 2 is 1.63 bits per heavy atom. The molecule has 0 unspecified atom stereocenters. The van der Waals surface area contributed by atoms with E-state index in [0.29, 0.717) is 5.56 Å². The Kier molecular flexibility index (Phi) is 5.17. The Bertz CT molecular complexity index is 932. The number of carboxylic acids is 1. The van der Waals surface area contributed by atoms with Crippen LogP contribution in [0.2, 0.25) is 0 Å². The second-order valence-corrected chi connectivity index (χ2v) is 5.99. The molecule has 0 aliphatic carbocycles. The van der Waals surface area contributed by atoms with E-state index in [1.807, 2.05) is 18.2 Å². The molecule has 6 nitrogen and oxygen atoms in total. The first-order chi connectivity index (χ1) is 13.0. The van der Waals surface area contributed by atoms with Crippen molar-refractivity contribution in [3.05, 3.63) is 89.2 Å². The lowest BCUT2D eigenvalue weighted by Gasteiger charge is -2.26.